The first-order valence-electron chi connectivity index (χ1n) is 8.78. The van der Waals surface area contributed by atoms with Crippen molar-refractivity contribution in [1.29, 1.82) is 0 Å². The van der Waals surface area contributed by atoms with Gasteiger partial charge >= 0.3 is 0 Å². The molecule has 6 heteroatoms. The summed E-state index contributed by atoms with van der Waals surface area (Å²) in [5.41, 5.74) is 9.96. The van der Waals surface area contributed by atoms with Crippen molar-refractivity contribution in [2.75, 3.05) is 12.8 Å². The summed E-state index contributed by atoms with van der Waals surface area (Å²) >= 11 is 0. The number of hydrogen-bond donors (Lipinski definition) is 1. The number of anilines is 1. The normalized spacial score (nSPS) is 10.8. The molecule has 2 aromatic carbocycles. The quantitative estimate of drug-likeness (QED) is 0.539. The predicted molar refractivity (Wildman–Crippen MR) is 108 cm³/mol. The van der Waals surface area contributed by atoms with Crippen LogP contribution in [0, 0.1) is 0 Å². The van der Waals surface area contributed by atoms with E-state index in [1.165, 1.54) is 6.33 Å². The number of benzene rings is 2. The van der Waals surface area contributed by atoms with Crippen LogP contribution in [0.2, 0.25) is 0 Å². The fraction of sp³-hybridized carbons (Fsp3) is 0.0909. The largest absolute Gasteiger partial charge is 0.494 e. The van der Waals surface area contributed by atoms with E-state index in [9.17, 15) is 4.79 Å². The van der Waals surface area contributed by atoms with Crippen molar-refractivity contribution in [1.82, 2.24) is 15.0 Å². The fourth-order valence-corrected chi connectivity index (χ4v) is 3.18. The van der Waals surface area contributed by atoms with Crippen LogP contribution in [0.25, 0.3) is 22.0 Å². The van der Waals surface area contributed by atoms with E-state index < -0.39 is 0 Å². The maximum atomic E-state index is 12.5. The molecular weight excluding hydrogens is 352 g/mol. The van der Waals surface area contributed by atoms with Crippen LogP contribution in [0.3, 0.4) is 0 Å². The molecule has 0 bridgehead atoms. The standard InChI is InChI=1S/C22H18N4O2/c1-28-19-10-9-17(20-21(19)25-13-26-22(20)23)14-5-7-15(8-6-14)18(27)12-16-4-2-3-11-24-16/h2-11,13H,12H2,1H3,(H2,23,25,26). The average Bonchev–Trinajstić information content (AvgIpc) is 2.74. The fourth-order valence-electron chi connectivity index (χ4n) is 3.18. The number of nitrogens with zero attached hydrogens (tertiary/aromatic N) is 3. The molecule has 2 aromatic heterocycles. The molecule has 0 aliphatic rings. The molecule has 138 valence electrons. The highest BCUT2D eigenvalue weighted by atomic mass is 16.5. The second-order valence-corrected chi connectivity index (χ2v) is 6.30. The monoisotopic (exact) mass is 370 g/mol. The second-order valence-electron chi connectivity index (χ2n) is 6.30. The van der Waals surface area contributed by atoms with Crippen LogP contribution in [-0.4, -0.2) is 27.8 Å². The average molecular weight is 370 g/mol. The third-order valence-corrected chi connectivity index (χ3v) is 4.59. The Morgan fingerprint density at radius 2 is 1.82 bits per heavy atom. The van der Waals surface area contributed by atoms with E-state index in [0.717, 1.165) is 22.2 Å². The molecule has 0 unspecified atom stereocenters. The summed E-state index contributed by atoms with van der Waals surface area (Å²) in [5.74, 6) is 1.04. The number of carbonyl (C=O) groups excluding carboxylic acids is 1. The molecule has 2 heterocycles. The zero-order valence-electron chi connectivity index (χ0n) is 15.3. The lowest BCUT2D eigenvalue weighted by atomic mass is 9.97. The van der Waals surface area contributed by atoms with Gasteiger partial charge in [0.15, 0.2) is 5.78 Å². The number of rotatable bonds is 5. The molecule has 4 aromatic rings. The molecule has 0 aliphatic heterocycles. The number of ether oxygens (including phenoxy) is 1. The topological polar surface area (TPSA) is 91.0 Å². The SMILES string of the molecule is COc1ccc(-c2ccc(C(=O)Cc3ccccn3)cc2)c2c(N)ncnc12. The second kappa shape index (κ2) is 7.44. The van der Waals surface area contributed by atoms with Gasteiger partial charge in [-0.15, -0.1) is 0 Å². The molecule has 0 saturated carbocycles. The van der Waals surface area contributed by atoms with Crippen LogP contribution < -0.4 is 10.5 Å². The van der Waals surface area contributed by atoms with E-state index in [-0.39, 0.29) is 12.2 Å². The first-order chi connectivity index (χ1) is 13.7. The van der Waals surface area contributed by atoms with Gasteiger partial charge < -0.3 is 10.5 Å². The lowest BCUT2D eigenvalue weighted by Gasteiger charge is -2.11. The summed E-state index contributed by atoms with van der Waals surface area (Å²) in [6.45, 7) is 0. The number of pyridine rings is 1. The number of hydrogen-bond acceptors (Lipinski definition) is 6. The van der Waals surface area contributed by atoms with Gasteiger partial charge in [-0.3, -0.25) is 9.78 Å². The van der Waals surface area contributed by atoms with Crippen LogP contribution in [0.15, 0.2) is 67.1 Å². The van der Waals surface area contributed by atoms with Crippen molar-refractivity contribution in [2.45, 2.75) is 6.42 Å². The van der Waals surface area contributed by atoms with Crippen LogP contribution in [0.1, 0.15) is 16.1 Å². The highest BCUT2D eigenvalue weighted by Crippen LogP contribution is 2.35. The zero-order chi connectivity index (χ0) is 19.5. The van der Waals surface area contributed by atoms with E-state index in [1.54, 1.807) is 13.3 Å². The zero-order valence-corrected chi connectivity index (χ0v) is 15.3. The van der Waals surface area contributed by atoms with E-state index in [4.69, 9.17) is 10.5 Å². The number of methoxy groups -OCH3 is 1. The van der Waals surface area contributed by atoms with Crippen molar-refractivity contribution in [3.8, 4) is 16.9 Å². The van der Waals surface area contributed by atoms with Gasteiger partial charge in [0.05, 0.1) is 18.9 Å². The Morgan fingerprint density at radius 3 is 2.54 bits per heavy atom. The van der Waals surface area contributed by atoms with Crippen molar-refractivity contribution in [3.63, 3.8) is 0 Å². The Kier molecular flexibility index (Phi) is 4.68. The lowest BCUT2D eigenvalue weighted by molar-refractivity contribution is 0.0992. The molecule has 0 spiro atoms. The van der Waals surface area contributed by atoms with Crippen molar-refractivity contribution in [2.24, 2.45) is 0 Å². The maximum Gasteiger partial charge on any atom is 0.168 e. The summed E-state index contributed by atoms with van der Waals surface area (Å²) in [5, 5.41) is 0.731. The first kappa shape index (κ1) is 17.6. The number of carbonyl (C=O) groups is 1. The van der Waals surface area contributed by atoms with E-state index in [2.05, 4.69) is 15.0 Å². The summed E-state index contributed by atoms with van der Waals surface area (Å²) in [7, 11) is 1.59. The van der Waals surface area contributed by atoms with Crippen molar-refractivity contribution >= 4 is 22.5 Å². The van der Waals surface area contributed by atoms with Gasteiger partial charge in [0.2, 0.25) is 0 Å². The summed E-state index contributed by atoms with van der Waals surface area (Å²) < 4.78 is 5.38. The van der Waals surface area contributed by atoms with Gasteiger partial charge in [-0.2, -0.15) is 0 Å². The molecule has 0 amide bonds. The van der Waals surface area contributed by atoms with Gasteiger partial charge in [0.25, 0.3) is 0 Å². The summed E-state index contributed by atoms with van der Waals surface area (Å²) in [4.78, 5) is 25.2. The van der Waals surface area contributed by atoms with Crippen LogP contribution in [0.4, 0.5) is 5.82 Å². The Bertz CT molecular complexity index is 1140. The Labute approximate surface area is 162 Å². The summed E-state index contributed by atoms with van der Waals surface area (Å²) in [6.07, 6.45) is 3.38. The Morgan fingerprint density at radius 1 is 1.00 bits per heavy atom. The van der Waals surface area contributed by atoms with Gasteiger partial charge in [-0.25, -0.2) is 9.97 Å². The molecule has 0 fully saturated rings. The van der Waals surface area contributed by atoms with Crippen LogP contribution in [0.5, 0.6) is 5.75 Å². The molecule has 6 nitrogen and oxygen atoms in total. The molecule has 0 aliphatic carbocycles. The minimum Gasteiger partial charge on any atom is -0.494 e. The van der Waals surface area contributed by atoms with Gasteiger partial charge in [0, 0.05) is 17.5 Å². The van der Waals surface area contributed by atoms with Crippen molar-refractivity contribution < 1.29 is 9.53 Å². The number of ketones is 1. The first-order valence-corrected chi connectivity index (χ1v) is 8.78. The molecule has 0 atom stereocenters. The molecular formula is C22H18N4O2. The minimum absolute atomic E-state index is 0.0210. The minimum atomic E-state index is 0.0210. The third kappa shape index (κ3) is 3.27. The molecule has 4 rings (SSSR count). The number of aromatic nitrogens is 3. The summed E-state index contributed by atoms with van der Waals surface area (Å²) in [6, 6.07) is 16.8. The van der Waals surface area contributed by atoms with Gasteiger partial charge in [-0.1, -0.05) is 30.3 Å². The van der Waals surface area contributed by atoms with Crippen molar-refractivity contribution in [3.05, 3.63) is 78.4 Å². The smallest absolute Gasteiger partial charge is 0.168 e. The van der Waals surface area contributed by atoms with E-state index in [1.807, 2.05) is 54.6 Å². The number of nitrogen functional groups attached to an aromatic ring is 1. The highest BCUT2D eigenvalue weighted by Gasteiger charge is 2.14. The van der Waals surface area contributed by atoms with E-state index in [0.29, 0.717) is 22.6 Å². The molecule has 28 heavy (non-hydrogen) atoms. The highest BCUT2D eigenvalue weighted by molar-refractivity contribution is 6.04. The number of nitrogens with two attached hydrogens (primary N) is 1. The lowest BCUT2D eigenvalue weighted by Crippen LogP contribution is -2.04. The third-order valence-electron chi connectivity index (χ3n) is 4.59. The van der Waals surface area contributed by atoms with Gasteiger partial charge in [-0.05, 0) is 35.4 Å². The van der Waals surface area contributed by atoms with E-state index >= 15 is 0 Å². The molecule has 0 radical (unpaired) electrons. The van der Waals surface area contributed by atoms with Crippen LogP contribution >= 0.6 is 0 Å². The molecule has 0 saturated heterocycles. The van der Waals surface area contributed by atoms with Crippen LogP contribution in [-0.2, 0) is 6.42 Å². The maximum absolute atomic E-state index is 12.5. The number of Topliss-reactive ketones (excluding diaryl/α,β-unsaturated/α-hetero) is 1. The van der Waals surface area contributed by atoms with Gasteiger partial charge in [0.1, 0.15) is 23.4 Å². The number of fused-ring (bicyclic) bond motifs is 1. The Balaban J connectivity index is 1.69. The predicted octanol–water partition coefficient (Wildman–Crippen LogP) is 3.71. The molecule has 2 N–H and O–H groups in total. The Hall–Kier alpha value is -3.80.